The van der Waals surface area contributed by atoms with Gasteiger partial charge in [-0.2, -0.15) is 0 Å². The van der Waals surface area contributed by atoms with Gasteiger partial charge in [0, 0.05) is 5.39 Å². The smallest absolute Gasteiger partial charge is 0.258 e. The topological polar surface area (TPSA) is 71.5 Å². The lowest BCUT2D eigenvalue weighted by molar-refractivity contribution is 0.213. The molecule has 1 aromatic heterocycles. The molecule has 118 valence electrons. The lowest BCUT2D eigenvalue weighted by Crippen LogP contribution is -2.19. The number of pyridine rings is 1. The van der Waals surface area contributed by atoms with Crippen molar-refractivity contribution in [2.24, 2.45) is 0 Å². The number of hydrogen-bond donors (Lipinski definition) is 2. The van der Waals surface area contributed by atoms with Gasteiger partial charge < -0.3 is 19.6 Å². The summed E-state index contributed by atoms with van der Waals surface area (Å²) in [6.07, 6.45) is -1.08. The Kier molecular flexibility index (Phi) is 4.04. The third-order valence-electron chi connectivity index (χ3n) is 3.81. The van der Waals surface area contributed by atoms with Gasteiger partial charge in [-0.25, -0.2) is 0 Å². The van der Waals surface area contributed by atoms with Crippen molar-refractivity contribution in [3.63, 3.8) is 0 Å². The zero-order valence-electron chi connectivity index (χ0n) is 12.9. The molecule has 0 spiro atoms. The van der Waals surface area contributed by atoms with Crippen LogP contribution in [0.1, 0.15) is 17.2 Å². The average molecular weight is 311 g/mol. The highest BCUT2D eigenvalue weighted by Gasteiger charge is 2.23. The van der Waals surface area contributed by atoms with Crippen molar-refractivity contribution < 1.29 is 14.6 Å². The Labute approximate surface area is 133 Å². The predicted octanol–water partition coefficient (Wildman–Crippen LogP) is 2.63. The van der Waals surface area contributed by atoms with Crippen molar-refractivity contribution in [1.82, 2.24) is 4.98 Å². The number of aliphatic hydroxyl groups is 1. The van der Waals surface area contributed by atoms with Gasteiger partial charge in [0.2, 0.25) is 0 Å². The van der Waals surface area contributed by atoms with Gasteiger partial charge in [0.05, 0.1) is 25.3 Å². The van der Waals surface area contributed by atoms with Gasteiger partial charge in [0.15, 0.2) is 0 Å². The lowest BCUT2D eigenvalue weighted by atomic mass is 10.00. The number of para-hydroxylation sites is 1. The SMILES string of the molecule is COc1c(C(O)c2ccccc2)c(=O)[nH]c2c(OC)cccc12. The first-order chi connectivity index (χ1) is 11.2. The molecule has 0 aliphatic heterocycles. The molecule has 3 rings (SSSR count). The Bertz CT molecular complexity index is 887. The molecule has 2 aromatic carbocycles. The number of aromatic amines is 1. The first-order valence-corrected chi connectivity index (χ1v) is 7.17. The summed E-state index contributed by atoms with van der Waals surface area (Å²) in [6, 6.07) is 14.4. The maximum Gasteiger partial charge on any atom is 0.258 e. The van der Waals surface area contributed by atoms with E-state index in [1.54, 1.807) is 24.3 Å². The highest BCUT2D eigenvalue weighted by Crippen LogP contribution is 2.35. The molecule has 0 radical (unpaired) electrons. The molecule has 2 N–H and O–H groups in total. The first kappa shape index (κ1) is 15.1. The van der Waals surface area contributed by atoms with E-state index in [0.29, 0.717) is 28.0 Å². The number of hydrogen-bond acceptors (Lipinski definition) is 4. The fourth-order valence-corrected chi connectivity index (χ4v) is 2.72. The van der Waals surface area contributed by atoms with Crippen molar-refractivity contribution in [1.29, 1.82) is 0 Å². The van der Waals surface area contributed by atoms with Crippen molar-refractivity contribution in [3.8, 4) is 11.5 Å². The summed E-state index contributed by atoms with van der Waals surface area (Å²) >= 11 is 0. The Hall–Kier alpha value is -2.79. The number of aromatic nitrogens is 1. The molecule has 0 saturated heterocycles. The maximum absolute atomic E-state index is 12.5. The summed E-state index contributed by atoms with van der Waals surface area (Å²) in [5.74, 6) is 0.887. The minimum atomic E-state index is -1.08. The molecule has 1 heterocycles. The first-order valence-electron chi connectivity index (χ1n) is 7.17. The number of ether oxygens (including phenoxy) is 2. The molecule has 0 bridgehead atoms. The van der Waals surface area contributed by atoms with E-state index < -0.39 is 11.7 Å². The minimum absolute atomic E-state index is 0.180. The largest absolute Gasteiger partial charge is 0.495 e. The van der Waals surface area contributed by atoms with Crippen LogP contribution in [0.2, 0.25) is 0 Å². The van der Waals surface area contributed by atoms with Gasteiger partial charge in [0.25, 0.3) is 5.56 Å². The summed E-state index contributed by atoms with van der Waals surface area (Å²) in [7, 11) is 3.02. The van der Waals surface area contributed by atoms with E-state index in [0.717, 1.165) is 0 Å². The van der Waals surface area contributed by atoms with Crippen LogP contribution in [-0.2, 0) is 0 Å². The molecule has 5 nitrogen and oxygen atoms in total. The average Bonchev–Trinajstić information content (AvgIpc) is 2.60. The lowest BCUT2D eigenvalue weighted by Gasteiger charge is -2.17. The number of H-pyrrole nitrogens is 1. The van der Waals surface area contributed by atoms with E-state index in [1.807, 2.05) is 24.3 Å². The highest BCUT2D eigenvalue weighted by molar-refractivity contribution is 5.90. The van der Waals surface area contributed by atoms with Crippen LogP contribution in [0.5, 0.6) is 11.5 Å². The minimum Gasteiger partial charge on any atom is -0.495 e. The second-order valence-electron chi connectivity index (χ2n) is 5.10. The van der Waals surface area contributed by atoms with Crippen molar-refractivity contribution >= 4 is 10.9 Å². The van der Waals surface area contributed by atoms with Crippen LogP contribution in [-0.4, -0.2) is 24.3 Å². The Balaban J connectivity index is 2.30. The monoisotopic (exact) mass is 311 g/mol. The maximum atomic E-state index is 12.5. The van der Waals surface area contributed by atoms with Gasteiger partial charge >= 0.3 is 0 Å². The van der Waals surface area contributed by atoms with Gasteiger partial charge in [-0.05, 0) is 17.7 Å². The Morgan fingerprint density at radius 1 is 1.00 bits per heavy atom. The molecule has 23 heavy (non-hydrogen) atoms. The summed E-state index contributed by atoms with van der Waals surface area (Å²) in [4.78, 5) is 15.3. The number of benzene rings is 2. The molecule has 5 heteroatoms. The fourth-order valence-electron chi connectivity index (χ4n) is 2.72. The fraction of sp³-hybridized carbons (Fsp3) is 0.167. The summed E-state index contributed by atoms with van der Waals surface area (Å²) in [5, 5.41) is 11.3. The number of aliphatic hydroxyl groups excluding tert-OH is 1. The van der Waals surface area contributed by atoms with Crippen LogP contribution in [0.4, 0.5) is 0 Å². The van der Waals surface area contributed by atoms with E-state index in [1.165, 1.54) is 14.2 Å². The van der Waals surface area contributed by atoms with Crippen LogP contribution in [0.25, 0.3) is 10.9 Å². The molecule has 0 fully saturated rings. The van der Waals surface area contributed by atoms with E-state index in [2.05, 4.69) is 4.98 Å². The van der Waals surface area contributed by atoms with Gasteiger partial charge in [-0.3, -0.25) is 4.79 Å². The number of nitrogens with one attached hydrogen (secondary N) is 1. The predicted molar refractivity (Wildman–Crippen MR) is 88.2 cm³/mol. The second-order valence-corrected chi connectivity index (χ2v) is 5.10. The van der Waals surface area contributed by atoms with Crippen LogP contribution >= 0.6 is 0 Å². The summed E-state index contributed by atoms with van der Waals surface area (Å²) in [5.41, 5.74) is 0.939. The number of rotatable bonds is 4. The molecular formula is C18H17NO4. The molecule has 0 saturated carbocycles. The quantitative estimate of drug-likeness (QED) is 0.777. The third kappa shape index (κ3) is 2.55. The molecule has 1 unspecified atom stereocenters. The van der Waals surface area contributed by atoms with Gasteiger partial charge in [-0.15, -0.1) is 0 Å². The summed E-state index contributed by atoms with van der Waals surface area (Å²) < 4.78 is 10.7. The van der Waals surface area contributed by atoms with Crippen LogP contribution < -0.4 is 15.0 Å². The number of methoxy groups -OCH3 is 2. The standard InChI is InChI=1S/C18H17NO4/c1-22-13-10-6-9-12-15(13)19-18(21)14(17(12)23-2)16(20)11-7-4-3-5-8-11/h3-10,16,20H,1-2H3,(H,19,21). The van der Waals surface area contributed by atoms with Crippen molar-refractivity contribution in [2.75, 3.05) is 14.2 Å². The van der Waals surface area contributed by atoms with Crippen molar-refractivity contribution in [2.45, 2.75) is 6.10 Å². The molecule has 0 amide bonds. The molecule has 0 aliphatic carbocycles. The van der Waals surface area contributed by atoms with Crippen LogP contribution in [0.3, 0.4) is 0 Å². The zero-order chi connectivity index (χ0) is 16.4. The van der Waals surface area contributed by atoms with Crippen molar-refractivity contribution in [3.05, 3.63) is 70.0 Å². The van der Waals surface area contributed by atoms with E-state index in [-0.39, 0.29) is 5.56 Å². The van der Waals surface area contributed by atoms with E-state index in [4.69, 9.17) is 9.47 Å². The molecule has 0 aliphatic rings. The number of fused-ring (bicyclic) bond motifs is 1. The molecular weight excluding hydrogens is 294 g/mol. The van der Waals surface area contributed by atoms with Gasteiger partial charge in [0.1, 0.15) is 17.6 Å². The van der Waals surface area contributed by atoms with Crippen LogP contribution in [0, 0.1) is 0 Å². The normalized spacial score (nSPS) is 12.1. The third-order valence-corrected chi connectivity index (χ3v) is 3.81. The Morgan fingerprint density at radius 3 is 2.39 bits per heavy atom. The second kappa shape index (κ2) is 6.14. The highest BCUT2D eigenvalue weighted by atomic mass is 16.5. The zero-order valence-corrected chi connectivity index (χ0v) is 12.9. The van der Waals surface area contributed by atoms with E-state index >= 15 is 0 Å². The summed E-state index contributed by atoms with van der Waals surface area (Å²) in [6.45, 7) is 0. The van der Waals surface area contributed by atoms with Gasteiger partial charge in [-0.1, -0.05) is 36.4 Å². The van der Waals surface area contributed by atoms with Crippen LogP contribution in [0.15, 0.2) is 53.3 Å². The molecule has 3 aromatic rings. The molecule has 1 atom stereocenters. The van der Waals surface area contributed by atoms with E-state index in [9.17, 15) is 9.90 Å². The Morgan fingerprint density at radius 2 is 1.74 bits per heavy atom.